The van der Waals surface area contributed by atoms with E-state index in [4.69, 9.17) is 14.5 Å². The van der Waals surface area contributed by atoms with Crippen LogP contribution in [0, 0.1) is 0 Å². The lowest BCUT2D eigenvalue weighted by molar-refractivity contribution is -0.134. The van der Waals surface area contributed by atoms with E-state index in [-0.39, 0.29) is 11.3 Å². The number of morpholine rings is 1. The molecule has 3 fully saturated rings. The van der Waals surface area contributed by atoms with Crippen molar-refractivity contribution < 1.29 is 14.3 Å². The maximum atomic E-state index is 13.4. The van der Waals surface area contributed by atoms with Crippen LogP contribution in [-0.2, 0) is 21.5 Å². The molecule has 2 aliphatic heterocycles. The maximum absolute atomic E-state index is 13.4. The Bertz CT molecular complexity index is 898. The molecule has 31 heavy (non-hydrogen) atoms. The number of carbonyl (C=O) groups excluding carboxylic acids is 1. The number of rotatable bonds is 6. The van der Waals surface area contributed by atoms with Gasteiger partial charge in [0.05, 0.1) is 31.4 Å². The molecular formula is C23H30N4O3S. The minimum Gasteiger partial charge on any atom is -0.497 e. The zero-order valence-corrected chi connectivity index (χ0v) is 18.9. The van der Waals surface area contributed by atoms with Gasteiger partial charge in [0.2, 0.25) is 5.91 Å². The maximum Gasteiger partial charge on any atom is 0.233 e. The first-order chi connectivity index (χ1) is 15.2. The Balaban J connectivity index is 1.17. The highest BCUT2D eigenvalue weighted by atomic mass is 32.1. The molecule has 1 aromatic heterocycles. The molecular weight excluding hydrogens is 412 g/mol. The SMILES string of the molecule is COc1ccc(C2(C(=O)N3CCN(c4nc(CN5CCOCC5)cs4)CC3)CC2)cc1. The van der Waals surface area contributed by atoms with Crippen molar-refractivity contribution in [3.05, 3.63) is 40.9 Å². The molecule has 0 spiro atoms. The van der Waals surface area contributed by atoms with Crippen LogP contribution < -0.4 is 9.64 Å². The summed E-state index contributed by atoms with van der Waals surface area (Å²) in [5, 5.41) is 3.25. The molecule has 5 rings (SSSR count). The van der Waals surface area contributed by atoms with E-state index < -0.39 is 0 Å². The van der Waals surface area contributed by atoms with Crippen molar-refractivity contribution in [3.8, 4) is 5.75 Å². The van der Waals surface area contributed by atoms with E-state index in [0.29, 0.717) is 0 Å². The average molecular weight is 443 g/mol. The number of anilines is 1. The molecule has 7 nitrogen and oxygen atoms in total. The summed E-state index contributed by atoms with van der Waals surface area (Å²) in [6.07, 6.45) is 1.88. The normalized spacial score (nSPS) is 21.2. The molecule has 3 heterocycles. The zero-order valence-electron chi connectivity index (χ0n) is 18.1. The number of amides is 1. The molecule has 0 radical (unpaired) electrons. The lowest BCUT2D eigenvalue weighted by atomic mass is 9.94. The van der Waals surface area contributed by atoms with Gasteiger partial charge in [-0.3, -0.25) is 9.69 Å². The van der Waals surface area contributed by atoms with E-state index in [2.05, 4.69) is 20.1 Å². The fourth-order valence-corrected chi connectivity index (χ4v) is 5.44. The summed E-state index contributed by atoms with van der Waals surface area (Å²) in [4.78, 5) is 25.0. The molecule has 0 unspecified atom stereocenters. The smallest absolute Gasteiger partial charge is 0.233 e. The molecule has 1 saturated carbocycles. The number of piperazine rings is 1. The fourth-order valence-electron chi connectivity index (χ4n) is 4.57. The Labute approximate surface area is 187 Å². The number of hydrogen-bond donors (Lipinski definition) is 0. The highest BCUT2D eigenvalue weighted by Gasteiger charge is 2.53. The fraction of sp³-hybridized carbons (Fsp3) is 0.565. The molecule has 166 valence electrons. The lowest BCUT2D eigenvalue weighted by Gasteiger charge is -2.36. The molecule has 0 bridgehead atoms. The molecule has 2 aromatic rings. The third-order valence-corrected chi connectivity index (χ3v) is 7.62. The molecule has 1 aromatic carbocycles. The third kappa shape index (κ3) is 4.29. The van der Waals surface area contributed by atoms with Gasteiger partial charge in [-0.25, -0.2) is 4.98 Å². The summed E-state index contributed by atoms with van der Waals surface area (Å²) >= 11 is 1.71. The van der Waals surface area contributed by atoms with Crippen LogP contribution in [0.1, 0.15) is 24.1 Å². The van der Waals surface area contributed by atoms with Gasteiger partial charge in [-0.1, -0.05) is 12.1 Å². The first-order valence-electron chi connectivity index (χ1n) is 11.1. The summed E-state index contributed by atoms with van der Waals surface area (Å²) in [6.45, 7) is 7.67. The van der Waals surface area contributed by atoms with Crippen molar-refractivity contribution in [2.24, 2.45) is 0 Å². The average Bonchev–Trinajstić information content (AvgIpc) is 3.52. The number of thiazole rings is 1. The number of carbonyl (C=O) groups is 1. The van der Waals surface area contributed by atoms with E-state index in [1.807, 2.05) is 24.3 Å². The van der Waals surface area contributed by atoms with Crippen LogP contribution in [0.3, 0.4) is 0 Å². The van der Waals surface area contributed by atoms with Crippen molar-refractivity contribution in [3.63, 3.8) is 0 Å². The first-order valence-corrected chi connectivity index (χ1v) is 12.0. The van der Waals surface area contributed by atoms with Crippen LogP contribution in [0.5, 0.6) is 5.75 Å². The number of nitrogens with zero attached hydrogens (tertiary/aromatic N) is 4. The van der Waals surface area contributed by atoms with E-state index >= 15 is 0 Å². The van der Waals surface area contributed by atoms with Gasteiger partial charge in [0.15, 0.2) is 5.13 Å². The zero-order chi connectivity index (χ0) is 21.3. The molecule has 3 aliphatic rings. The minimum absolute atomic E-state index is 0.282. The molecule has 0 N–H and O–H groups in total. The van der Waals surface area contributed by atoms with Gasteiger partial charge in [0, 0.05) is 51.2 Å². The quantitative estimate of drug-likeness (QED) is 0.685. The summed E-state index contributed by atoms with van der Waals surface area (Å²) in [7, 11) is 1.67. The summed E-state index contributed by atoms with van der Waals surface area (Å²) in [5.41, 5.74) is 1.94. The summed E-state index contributed by atoms with van der Waals surface area (Å²) in [6, 6.07) is 8.01. The molecule has 8 heteroatoms. The number of ether oxygens (including phenoxy) is 2. The Morgan fingerprint density at radius 2 is 1.81 bits per heavy atom. The Morgan fingerprint density at radius 1 is 1.10 bits per heavy atom. The van der Waals surface area contributed by atoms with E-state index in [1.54, 1.807) is 18.4 Å². The van der Waals surface area contributed by atoms with Crippen LogP contribution in [0.2, 0.25) is 0 Å². The van der Waals surface area contributed by atoms with Gasteiger partial charge in [0.1, 0.15) is 5.75 Å². The minimum atomic E-state index is -0.319. The molecule has 0 atom stereocenters. The number of methoxy groups -OCH3 is 1. The molecule has 1 amide bonds. The largest absolute Gasteiger partial charge is 0.497 e. The summed E-state index contributed by atoms with van der Waals surface area (Å²) in [5.74, 6) is 1.11. The van der Waals surface area contributed by atoms with Crippen LogP contribution in [0.15, 0.2) is 29.6 Å². The van der Waals surface area contributed by atoms with Gasteiger partial charge in [-0.15, -0.1) is 11.3 Å². The van der Waals surface area contributed by atoms with E-state index in [1.165, 1.54) is 0 Å². The monoisotopic (exact) mass is 442 g/mol. The topological polar surface area (TPSA) is 58.1 Å². The summed E-state index contributed by atoms with van der Waals surface area (Å²) < 4.78 is 10.7. The van der Waals surface area contributed by atoms with Gasteiger partial charge in [-0.05, 0) is 30.5 Å². The Kier molecular flexibility index (Phi) is 5.86. The number of hydrogen-bond acceptors (Lipinski definition) is 7. The Hall–Kier alpha value is -2.16. The second-order valence-electron chi connectivity index (χ2n) is 8.60. The second kappa shape index (κ2) is 8.76. The van der Waals surface area contributed by atoms with Crippen LogP contribution in [0.4, 0.5) is 5.13 Å². The van der Waals surface area contributed by atoms with Gasteiger partial charge in [0.25, 0.3) is 0 Å². The predicted octanol–water partition coefficient (Wildman–Crippen LogP) is 2.36. The lowest BCUT2D eigenvalue weighted by Crippen LogP contribution is -2.51. The van der Waals surface area contributed by atoms with E-state index in [9.17, 15) is 4.79 Å². The van der Waals surface area contributed by atoms with Crippen molar-refractivity contribution >= 4 is 22.4 Å². The van der Waals surface area contributed by atoms with Crippen molar-refractivity contribution in [1.82, 2.24) is 14.8 Å². The van der Waals surface area contributed by atoms with Crippen molar-refractivity contribution in [2.45, 2.75) is 24.8 Å². The highest BCUT2D eigenvalue weighted by Crippen LogP contribution is 2.50. The van der Waals surface area contributed by atoms with Gasteiger partial charge >= 0.3 is 0 Å². The van der Waals surface area contributed by atoms with Crippen LogP contribution in [0.25, 0.3) is 0 Å². The molecule has 2 saturated heterocycles. The number of aromatic nitrogens is 1. The van der Waals surface area contributed by atoms with Crippen molar-refractivity contribution in [1.29, 1.82) is 0 Å². The second-order valence-corrected chi connectivity index (χ2v) is 9.44. The number of benzene rings is 1. The van der Waals surface area contributed by atoms with Gasteiger partial charge in [-0.2, -0.15) is 0 Å². The van der Waals surface area contributed by atoms with Crippen molar-refractivity contribution in [2.75, 3.05) is 64.5 Å². The van der Waals surface area contributed by atoms with Crippen LogP contribution >= 0.6 is 11.3 Å². The molecule has 1 aliphatic carbocycles. The first kappa shape index (κ1) is 20.7. The highest BCUT2D eigenvalue weighted by molar-refractivity contribution is 7.13. The third-order valence-electron chi connectivity index (χ3n) is 6.67. The van der Waals surface area contributed by atoms with Crippen LogP contribution in [-0.4, -0.2) is 80.3 Å². The van der Waals surface area contributed by atoms with Gasteiger partial charge < -0.3 is 19.3 Å². The Morgan fingerprint density at radius 3 is 2.45 bits per heavy atom. The predicted molar refractivity (Wildman–Crippen MR) is 121 cm³/mol. The standard InChI is InChI=1S/C23H30N4O3S/c1-29-20-4-2-18(3-5-20)23(6-7-23)21(28)26-8-10-27(11-9-26)22-24-19(17-31-22)16-25-12-14-30-15-13-25/h2-5,17H,6-16H2,1H3. The van der Waals surface area contributed by atoms with E-state index in [0.717, 1.165) is 94.0 Å².